The maximum atomic E-state index is 13.0. The molecule has 3 nitrogen and oxygen atoms in total. The minimum atomic E-state index is -1.09. The first kappa shape index (κ1) is 15.3. The largest absolute Gasteiger partial charge is 0.493 e. The number of rotatable bonds is 5. The fraction of sp³-hybridized carbons (Fsp3) is 0.294. The Kier molecular flexibility index (Phi) is 4.48. The van der Waals surface area contributed by atoms with E-state index < -0.39 is 5.60 Å². The second-order valence-electron chi connectivity index (χ2n) is 5.15. The molecule has 0 aromatic heterocycles. The predicted octanol–water partition coefficient (Wildman–Crippen LogP) is 3.29. The summed E-state index contributed by atoms with van der Waals surface area (Å²) in [7, 11) is 3.14. The molecular formula is C17H19FO3. The highest BCUT2D eigenvalue weighted by atomic mass is 19.1. The Morgan fingerprint density at radius 2 is 1.62 bits per heavy atom. The van der Waals surface area contributed by atoms with Gasteiger partial charge in [-0.25, -0.2) is 4.39 Å². The third kappa shape index (κ3) is 3.52. The maximum absolute atomic E-state index is 13.0. The fourth-order valence-corrected chi connectivity index (χ4v) is 2.30. The predicted molar refractivity (Wildman–Crippen MR) is 79.2 cm³/mol. The van der Waals surface area contributed by atoms with E-state index in [-0.39, 0.29) is 5.82 Å². The molecule has 0 saturated carbocycles. The molecule has 1 N–H and O–H groups in total. The number of halogens is 1. The smallest absolute Gasteiger partial charge is 0.160 e. The van der Waals surface area contributed by atoms with Crippen LogP contribution in [0.15, 0.2) is 42.5 Å². The Balaban J connectivity index is 2.25. The monoisotopic (exact) mass is 290 g/mol. The van der Waals surface area contributed by atoms with Gasteiger partial charge in [-0.05, 0) is 42.3 Å². The Labute approximate surface area is 124 Å². The van der Waals surface area contributed by atoms with E-state index in [0.29, 0.717) is 23.5 Å². The summed E-state index contributed by atoms with van der Waals surface area (Å²) >= 11 is 0. The molecule has 2 rings (SSSR count). The molecule has 0 aliphatic rings. The van der Waals surface area contributed by atoms with E-state index in [1.165, 1.54) is 12.1 Å². The average Bonchev–Trinajstić information content (AvgIpc) is 2.47. The van der Waals surface area contributed by atoms with Crippen LogP contribution in [0.25, 0.3) is 0 Å². The van der Waals surface area contributed by atoms with Crippen molar-refractivity contribution in [2.75, 3.05) is 14.2 Å². The molecule has 0 radical (unpaired) electrons. The van der Waals surface area contributed by atoms with Gasteiger partial charge in [0.05, 0.1) is 19.8 Å². The van der Waals surface area contributed by atoms with Crippen molar-refractivity contribution in [2.24, 2.45) is 0 Å². The number of aliphatic hydroxyl groups is 1. The van der Waals surface area contributed by atoms with Crippen LogP contribution >= 0.6 is 0 Å². The summed E-state index contributed by atoms with van der Waals surface area (Å²) in [5.74, 6) is 0.938. The quantitative estimate of drug-likeness (QED) is 0.918. The standard InChI is InChI=1S/C17H19FO3/c1-17(19,13-5-7-14(18)8-6-13)11-12-4-9-15(20-2)16(10-12)21-3/h4-10,19H,11H2,1-3H3. The van der Waals surface area contributed by atoms with Gasteiger partial charge in [0.2, 0.25) is 0 Å². The number of hydrogen-bond donors (Lipinski definition) is 1. The van der Waals surface area contributed by atoms with E-state index in [0.717, 1.165) is 5.56 Å². The maximum Gasteiger partial charge on any atom is 0.160 e. The van der Waals surface area contributed by atoms with Gasteiger partial charge in [-0.3, -0.25) is 0 Å². The van der Waals surface area contributed by atoms with Crippen molar-refractivity contribution in [3.8, 4) is 11.5 Å². The Bertz CT molecular complexity index is 606. The van der Waals surface area contributed by atoms with Crippen molar-refractivity contribution in [3.05, 3.63) is 59.4 Å². The van der Waals surface area contributed by atoms with Gasteiger partial charge in [0.1, 0.15) is 5.82 Å². The van der Waals surface area contributed by atoms with E-state index in [1.807, 2.05) is 12.1 Å². The van der Waals surface area contributed by atoms with Crippen molar-refractivity contribution >= 4 is 0 Å². The van der Waals surface area contributed by atoms with Crippen molar-refractivity contribution in [3.63, 3.8) is 0 Å². The second-order valence-corrected chi connectivity index (χ2v) is 5.15. The van der Waals surface area contributed by atoms with Crippen LogP contribution in [0.2, 0.25) is 0 Å². The first-order chi connectivity index (χ1) is 9.96. The van der Waals surface area contributed by atoms with E-state index in [9.17, 15) is 9.50 Å². The topological polar surface area (TPSA) is 38.7 Å². The summed E-state index contributed by atoms with van der Waals surface area (Å²) in [6.45, 7) is 1.71. The molecular weight excluding hydrogens is 271 g/mol. The molecule has 0 fully saturated rings. The van der Waals surface area contributed by atoms with Gasteiger partial charge >= 0.3 is 0 Å². The molecule has 0 saturated heterocycles. The third-order valence-corrected chi connectivity index (χ3v) is 3.46. The molecule has 2 aromatic carbocycles. The molecule has 112 valence electrons. The lowest BCUT2D eigenvalue weighted by Crippen LogP contribution is -2.24. The van der Waals surface area contributed by atoms with Crippen LogP contribution in [-0.4, -0.2) is 19.3 Å². The van der Waals surface area contributed by atoms with Crippen LogP contribution in [0.1, 0.15) is 18.1 Å². The highest BCUT2D eigenvalue weighted by Crippen LogP contribution is 2.31. The lowest BCUT2D eigenvalue weighted by atomic mass is 9.89. The van der Waals surface area contributed by atoms with Crippen LogP contribution in [0.5, 0.6) is 11.5 Å². The summed E-state index contributed by atoms with van der Waals surface area (Å²) < 4.78 is 23.4. The zero-order valence-electron chi connectivity index (χ0n) is 12.4. The molecule has 1 unspecified atom stereocenters. The van der Waals surface area contributed by atoms with Gasteiger partial charge < -0.3 is 14.6 Å². The molecule has 0 bridgehead atoms. The number of benzene rings is 2. The zero-order valence-corrected chi connectivity index (χ0v) is 12.4. The van der Waals surface area contributed by atoms with E-state index in [4.69, 9.17) is 9.47 Å². The summed E-state index contributed by atoms with van der Waals surface area (Å²) in [5, 5.41) is 10.6. The Morgan fingerprint density at radius 3 is 2.19 bits per heavy atom. The molecule has 4 heteroatoms. The number of methoxy groups -OCH3 is 2. The van der Waals surface area contributed by atoms with Gasteiger partial charge in [0, 0.05) is 6.42 Å². The summed E-state index contributed by atoms with van der Waals surface area (Å²) in [5.41, 5.74) is 0.480. The SMILES string of the molecule is COc1ccc(CC(C)(O)c2ccc(F)cc2)cc1OC. The molecule has 0 aliphatic carbocycles. The van der Waals surface area contributed by atoms with Gasteiger partial charge in [-0.2, -0.15) is 0 Å². The van der Waals surface area contributed by atoms with Crippen LogP contribution < -0.4 is 9.47 Å². The van der Waals surface area contributed by atoms with Gasteiger partial charge in [0.15, 0.2) is 11.5 Å². The minimum absolute atomic E-state index is 0.319. The van der Waals surface area contributed by atoms with Crippen molar-refractivity contribution < 1.29 is 19.0 Å². The zero-order chi connectivity index (χ0) is 15.5. The Morgan fingerprint density at radius 1 is 1.00 bits per heavy atom. The average molecular weight is 290 g/mol. The van der Waals surface area contributed by atoms with Crippen molar-refractivity contribution in [1.29, 1.82) is 0 Å². The first-order valence-corrected chi connectivity index (χ1v) is 6.65. The van der Waals surface area contributed by atoms with Crippen molar-refractivity contribution in [1.82, 2.24) is 0 Å². The minimum Gasteiger partial charge on any atom is -0.493 e. The number of hydrogen-bond acceptors (Lipinski definition) is 3. The van der Waals surface area contributed by atoms with Gasteiger partial charge in [0.25, 0.3) is 0 Å². The summed E-state index contributed by atoms with van der Waals surface area (Å²) in [6.07, 6.45) is 0.388. The van der Waals surface area contributed by atoms with E-state index in [2.05, 4.69) is 0 Å². The molecule has 0 heterocycles. The second kappa shape index (κ2) is 6.14. The number of ether oxygens (including phenoxy) is 2. The molecule has 0 amide bonds. The summed E-state index contributed by atoms with van der Waals surface area (Å²) in [4.78, 5) is 0. The first-order valence-electron chi connectivity index (χ1n) is 6.65. The van der Waals surface area contributed by atoms with Gasteiger partial charge in [-0.15, -0.1) is 0 Å². The Hall–Kier alpha value is -2.07. The molecule has 0 aliphatic heterocycles. The molecule has 2 aromatic rings. The third-order valence-electron chi connectivity index (χ3n) is 3.46. The lowest BCUT2D eigenvalue weighted by molar-refractivity contribution is 0.0575. The highest BCUT2D eigenvalue weighted by molar-refractivity contribution is 5.43. The normalized spacial score (nSPS) is 13.6. The lowest BCUT2D eigenvalue weighted by Gasteiger charge is -2.24. The van der Waals surface area contributed by atoms with Crippen LogP contribution in [0, 0.1) is 5.82 Å². The fourth-order valence-electron chi connectivity index (χ4n) is 2.30. The molecule has 0 spiro atoms. The van der Waals surface area contributed by atoms with Crippen LogP contribution in [-0.2, 0) is 12.0 Å². The summed E-state index contributed by atoms with van der Waals surface area (Å²) in [6, 6.07) is 11.4. The van der Waals surface area contributed by atoms with Crippen LogP contribution in [0.3, 0.4) is 0 Å². The highest BCUT2D eigenvalue weighted by Gasteiger charge is 2.24. The van der Waals surface area contributed by atoms with Gasteiger partial charge in [-0.1, -0.05) is 18.2 Å². The molecule has 1 atom stereocenters. The van der Waals surface area contributed by atoms with E-state index in [1.54, 1.807) is 39.3 Å². The van der Waals surface area contributed by atoms with E-state index >= 15 is 0 Å². The van der Waals surface area contributed by atoms with Crippen LogP contribution in [0.4, 0.5) is 4.39 Å². The van der Waals surface area contributed by atoms with Crippen molar-refractivity contribution in [2.45, 2.75) is 18.9 Å². The molecule has 21 heavy (non-hydrogen) atoms.